The van der Waals surface area contributed by atoms with E-state index in [9.17, 15) is 0 Å². The Kier molecular flexibility index (Phi) is 5.43. The van der Waals surface area contributed by atoms with Crippen LogP contribution in [0.15, 0.2) is 30.3 Å². The summed E-state index contributed by atoms with van der Waals surface area (Å²) in [6, 6.07) is 10.2. The molecule has 0 heterocycles. The van der Waals surface area contributed by atoms with Crippen LogP contribution in [-0.4, -0.2) is 13.7 Å². The van der Waals surface area contributed by atoms with Gasteiger partial charge in [-0.1, -0.05) is 30.3 Å². The molecule has 0 aliphatic carbocycles. The molecule has 1 atom stereocenters. The molecule has 0 saturated carbocycles. The lowest BCUT2D eigenvalue weighted by Gasteiger charge is -2.13. The zero-order valence-corrected chi connectivity index (χ0v) is 10.5. The standard InChI is InChI=1S/C10H16NO2PS/c1-12-14(11,15)13-9-5-8-10-6-3-2-4-7-10/h2-4,6-7H,5,8-9H2,1H3,(H2,11,15). The average Bonchev–Trinajstić information content (AvgIpc) is 2.26. The van der Waals surface area contributed by atoms with Crippen LogP contribution in [0.1, 0.15) is 12.0 Å². The first-order valence-corrected chi connectivity index (χ1v) is 7.47. The molecule has 0 aliphatic rings. The Bertz CT molecular complexity index is 331. The van der Waals surface area contributed by atoms with E-state index in [4.69, 9.17) is 26.4 Å². The molecule has 0 aliphatic heterocycles. The average molecular weight is 245 g/mol. The normalized spacial score (nSPS) is 14.8. The number of benzene rings is 1. The van der Waals surface area contributed by atoms with Crippen molar-refractivity contribution in [2.45, 2.75) is 12.8 Å². The maximum Gasteiger partial charge on any atom is 0.258 e. The molecule has 1 aromatic carbocycles. The number of nitrogens with two attached hydrogens (primary N) is 1. The maximum absolute atomic E-state index is 5.58. The zero-order valence-electron chi connectivity index (χ0n) is 8.76. The van der Waals surface area contributed by atoms with E-state index in [0.717, 1.165) is 12.8 Å². The highest BCUT2D eigenvalue weighted by Gasteiger charge is 2.08. The summed E-state index contributed by atoms with van der Waals surface area (Å²) in [5.41, 5.74) is 6.87. The number of hydrogen-bond donors (Lipinski definition) is 1. The smallest absolute Gasteiger partial charge is 0.258 e. The van der Waals surface area contributed by atoms with E-state index in [1.165, 1.54) is 12.7 Å². The highest BCUT2D eigenvalue weighted by atomic mass is 32.5. The molecule has 3 nitrogen and oxygen atoms in total. The minimum Gasteiger partial charge on any atom is -0.321 e. The monoisotopic (exact) mass is 245 g/mol. The van der Waals surface area contributed by atoms with Gasteiger partial charge >= 0.3 is 0 Å². The summed E-state index contributed by atoms with van der Waals surface area (Å²) in [6.07, 6.45) is 1.88. The fourth-order valence-corrected chi connectivity index (χ4v) is 1.88. The van der Waals surface area contributed by atoms with E-state index in [0.29, 0.717) is 6.61 Å². The van der Waals surface area contributed by atoms with E-state index < -0.39 is 6.64 Å². The molecule has 0 amide bonds. The Labute approximate surface area is 95.8 Å². The van der Waals surface area contributed by atoms with E-state index in [1.807, 2.05) is 18.2 Å². The summed E-state index contributed by atoms with van der Waals surface area (Å²) >= 11 is 4.92. The quantitative estimate of drug-likeness (QED) is 0.617. The first-order valence-electron chi connectivity index (χ1n) is 4.77. The van der Waals surface area contributed by atoms with Gasteiger partial charge in [0.1, 0.15) is 0 Å². The Morgan fingerprint density at radius 1 is 1.33 bits per heavy atom. The predicted molar refractivity (Wildman–Crippen MR) is 66.2 cm³/mol. The van der Waals surface area contributed by atoms with Crippen molar-refractivity contribution in [3.05, 3.63) is 35.9 Å². The minimum absolute atomic E-state index is 0.552. The molecule has 0 spiro atoms. The van der Waals surface area contributed by atoms with Gasteiger partial charge in [-0.15, -0.1) is 0 Å². The van der Waals surface area contributed by atoms with Gasteiger partial charge in [0.25, 0.3) is 6.64 Å². The summed E-state index contributed by atoms with van der Waals surface area (Å²) < 4.78 is 10.2. The highest BCUT2D eigenvalue weighted by Crippen LogP contribution is 2.38. The molecule has 0 bridgehead atoms. The van der Waals surface area contributed by atoms with Crippen LogP contribution < -0.4 is 5.50 Å². The van der Waals surface area contributed by atoms with Crippen LogP contribution in [0.25, 0.3) is 0 Å². The molecule has 15 heavy (non-hydrogen) atoms. The second-order valence-corrected chi connectivity index (χ2v) is 6.37. The lowest BCUT2D eigenvalue weighted by Crippen LogP contribution is -2.03. The summed E-state index contributed by atoms with van der Waals surface area (Å²) in [7, 11) is 1.48. The van der Waals surface area contributed by atoms with Gasteiger partial charge < -0.3 is 9.05 Å². The molecule has 1 aromatic rings. The molecular formula is C10H16NO2PS. The maximum atomic E-state index is 5.58. The number of hydrogen-bond acceptors (Lipinski definition) is 3. The Morgan fingerprint density at radius 3 is 2.60 bits per heavy atom. The zero-order chi connectivity index (χ0) is 11.1. The van der Waals surface area contributed by atoms with E-state index in [-0.39, 0.29) is 0 Å². The van der Waals surface area contributed by atoms with Crippen LogP contribution in [0.2, 0.25) is 0 Å². The van der Waals surface area contributed by atoms with Gasteiger partial charge in [0.05, 0.1) is 6.61 Å². The number of rotatable bonds is 6. The first kappa shape index (κ1) is 12.8. The van der Waals surface area contributed by atoms with Crippen LogP contribution in [-0.2, 0) is 27.3 Å². The van der Waals surface area contributed by atoms with Gasteiger partial charge in [0, 0.05) is 7.11 Å². The van der Waals surface area contributed by atoms with Gasteiger partial charge in [-0.05, 0) is 30.2 Å². The van der Waals surface area contributed by atoms with Crippen LogP contribution in [0, 0.1) is 0 Å². The van der Waals surface area contributed by atoms with Gasteiger partial charge in [-0.3, -0.25) is 5.50 Å². The third kappa shape index (κ3) is 5.40. The van der Waals surface area contributed by atoms with Crippen LogP contribution >= 0.6 is 6.64 Å². The van der Waals surface area contributed by atoms with Crippen molar-refractivity contribution in [1.29, 1.82) is 0 Å². The van der Waals surface area contributed by atoms with Gasteiger partial charge in [-0.2, -0.15) is 0 Å². The molecule has 84 valence electrons. The summed E-state index contributed by atoms with van der Waals surface area (Å²) in [6.45, 7) is -1.91. The molecule has 0 saturated heterocycles. The minimum atomic E-state index is -2.46. The molecule has 1 unspecified atom stereocenters. The van der Waals surface area contributed by atoms with Crippen molar-refractivity contribution >= 4 is 18.4 Å². The Balaban J connectivity index is 2.21. The molecule has 0 fully saturated rings. The molecule has 5 heteroatoms. The summed E-state index contributed by atoms with van der Waals surface area (Å²) in [4.78, 5) is 0. The largest absolute Gasteiger partial charge is 0.321 e. The number of aryl methyl sites for hydroxylation is 1. The van der Waals surface area contributed by atoms with Gasteiger partial charge in [0.2, 0.25) is 0 Å². The lowest BCUT2D eigenvalue weighted by atomic mass is 10.1. The first-order chi connectivity index (χ1) is 7.14. The third-order valence-electron chi connectivity index (χ3n) is 1.98. The second-order valence-electron chi connectivity index (χ2n) is 3.14. The third-order valence-corrected chi connectivity index (χ3v) is 3.79. The van der Waals surface area contributed by atoms with E-state index >= 15 is 0 Å². The van der Waals surface area contributed by atoms with Crippen molar-refractivity contribution < 1.29 is 9.05 Å². The van der Waals surface area contributed by atoms with E-state index in [2.05, 4.69) is 12.1 Å². The van der Waals surface area contributed by atoms with Crippen LogP contribution in [0.5, 0.6) is 0 Å². The molecule has 1 rings (SSSR count). The summed E-state index contributed by atoms with van der Waals surface area (Å²) in [5.74, 6) is 0. The molecule has 0 radical (unpaired) electrons. The summed E-state index contributed by atoms with van der Waals surface area (Å²) in [5, 5.41) is 0. The Morgan fingerprint density at radius 2 is 2.00 bits per heavy atom. The van der Waals surface area contributed by atoms with E-state index in [1.54, 1.807) is 0 Å². The van der Waals surface area contributed by atoms with Crippen LogP contribution in [0.4, 0.5) is 0 Å². The van der Waals surface area contributed by atoms with Gasteiger partial charge in [-0.25, -0.2) is 0 Å². The fraction of sp³-hybridized carbons (Fsp3) is 0.400. The SMILES string of the molecule is COP(N)(=S)OCCCc1ccccc1. The molecule has 2 N–H and O–H groups in total. The highest BCUT2D eigenvalue weighted by molar-refractivity contribution is 8.08. The lowest BCUT2D eigenvalue weighted by molar-refractivity contribution is 0.277. The van der Waals surface area contributed by atoms with Crippen molar-refractivity contribution in [2.24, 2.45) is 5.50 Å². The van der Waals surface area contributed by atoms with Crippen molar-refractivity contribution in [2.75, 3.05) is 13.7 Å². The molecule has 0 aromatic heterocycles. The topological polar surface area (TPSA) is 44.5 Å². The van der Waals surface area contributed by atoms with Crippen LogP contribution in [0.3, 0.4) is 0 Å². The Hall–Kier alpha value is -0.250. The van der Waals surface area contributed by atoms with Crippen molar-refractivity contribution in [3.8, 4) is 0 Å². The van der Waals surface area contributed by atoms with Gasteiger partial charge in [0.15, 0.2) is 0 Å². The van der Waals surface area contributed by atoms with Crippen molar-refractivity contribution in [3.63, 3.8) is 0 Å². The van der Waals surface area contributed by atoms with Crippen molar-refractivity contribution in [1.82, 2.24) is 0 Å². The fourth-order valence-electron chi connectivity index (χ4n) is 1.17. The second kappa shape index (κ2) is 6.36. The molecular weight excluding hydrogens is 229 g/mol. The predicted octanol–water partition coefficient (Wildman–Crippen LogP) is 2.47.